The van der Waals surface area contributed by atoms with E-state index in [0.717, 1.165) is 11.3 Å². The van der Waals surface area contributed by atoms with Crippen LogP contribution in [0.1, 0.15) is 17.3 Å². The molecular formula is C11H15N3O4S. The number of nitro groups is 1. The first-order chi connectivity index (χ1) is 8.99. The summed E-state index contributed by atoms with van der Waals surface area (Å²) < 4.78 is 5.47. The fourth-order valence-corrected chi connectivity index (χ4v) is 2.59. The van der Waals surface area contributed by atoms with Crippen molar-refractivity contribution in [1.29, 1.82) is 0 Å². The Balaban J connectivity index is 2.08. The second kappa shape index (κ2) is 5.64. The van der Waals surface area contributed by atoms with Crippen molar-refractivity contribution in [3.05, 3.63) is 27.1 Å². The number of carbonyl (C=O) groups is 1. The molecule has 7 nitrogen and oxygen atoms in total. The Labute approximate surface area is 114 Å². The van der Waals surface area contributed by atoms with E-state index in [-0.39, 0.29) is 23.1 Å². The molecule has 0 radical (unpaired) electrons. The third-order valence-corrected chi connectivity index (χ3v) is 3.86. The van der Waals surface area contributed by atoms with E-state index in [1.807, 2.05) is 6.92 Å². The molecule has 1 aromatic rings. The molecule has 1 aliphatic rings. The maximum atomic E-state index is 12.2. The van der Waals surface area contributed by atoms with Gasteiger partial charge in [-0.05, 0) is 6.92 Å². The number of thiophene rings is 1. The van der Waals surface area contributed by atoms with Crippen molar-refractivity contribution in [3.63, 3.8) is 0 Å². The highest BCUT2D eigenvalue weighted by molar-refractivity contribution is 7.13. The molecule has 2 N–H and O–H groups in total. The average Bonchev–Trinajstić information content (AvgIpc) is 2.87. The van der Waals surface area contributed by atoms with Gasteiger partial charge >= 0.3 is 5.00 Å². The highest BCUT2D eigenvalue weighted by atomic mass is 32.1. The molecule has 1 aliphatic heterocycles. The molecule has 8 heteroatoms. The van der Waals surface area contributed by atoms with Crippen molar-refractivity contribution >= 4 is 22.2 Å². The predicted molar refractivity (Wildman–Crippen MR) is 70.3 cm³/mol. The lowest BCUT2D eigenvalue weighted by molar-refractivity contribution is -0.380. The molecule has 19 heavy (non-hydrogen) atoms. The first kappa shape index (κ1) is 13.9. The van der Waals surface area contributed by atoms with E-state index in [9.17, 15) is 14.9 Å². The molecule has 2 atom stereocenters. The van der Waals surface area contributed by atoms with Crippen LogP contribution in [0.3, 0.4) is 0 Å². The lowest BCUT2D eigenvalue weighted by atomic mass is 10.1. The monoisotopic (exact) mass is 285 g/mol. The molecule has 2 unspecified atom stereocenters. The van der Waals surface area contributed by atoms with Gasteiger partial charge in [-0.1, -0.05) is 11.3 Å². The van der Waals surface area contributed by atoms with Crippen LogP contribution in [0.15, 0.2) is 11.4 Å². The van der Waals surface area contributed by atoms with Crippen molar-refractivity contribution in [2.24, 2.45) is 5.73 Å². The summed E-state index contributed by atoms with van der Waals surface area (Å²) in [5, 5.41) is 12.1. The molecule has 1 saturated heterocycles. The molecule has 0 spiro atoms. The second-order valence-corrected chi connectivity index (χ2v) is 5.34. The summed E-state index contributed by atoms with van der Waals surface area (Å²) in [7, 11) is 0. The van der Waals surface area contributed by atoms with Crippen molar-refractivity contribution in [2.75, 3.05) is 19.7 Å². The minimum Gasteiger partial charge on any atom is -0.373 e. The van der Waals surface area contributed by atoms with Gasteiger partial charge in [-0.25, -0.2) is 0 Å². The van der Waals surface area contributed by atoms with Gasteiger partial charge in [0, 0.05) is 30.6 Å². The number of rotatable bonds is 3. The van der Waals surface area contributed by atoms with E-state index in [4.69, 9.17) is 10.5 Å². The molecule has 2 rings (SSSR count). The summed E-state index contributed by atoms with van der Waals surface area (Å²) in [5.74, 6) is -0.210. The second-order valence-electron chi connectivity index (χ2n) is 4.45. The number of nitrogens with two attached hydrogens (primary N) is 1. The zero-order chi connectivity index (χ0) is 14.0. The summed E-state index contributed by atoms with van der Waals surface area (Å²) in [6.45, 7) is 3.16. The Kier molecular flexibility index (Phi) is 4.13. The molecule has 1 fully saturated rings. The van der Waals surface area contributed by atoms with Crippen LogP contribution in [0, 0.1) is 10.1 Å². The average molecular weight is 285 g/mol. The highest BCUT2D eigenvalue weighted by Crippen LogP contribution is 2.24. The van der Waals surface area contributed by atoms with Crippen molar-refractivity contribution in [1.82, 2.24) is 4.90 Å². The molecule has 104 valence electrons. The first-order valence-corrected chi connectivity index (χ1v) is 6.76. The van der Waals surface area contributed by atoms with E-state index in [2.05, 4.69) is 0 Å². The molecule has 1 amide bonds. The van der Waals surface area contributed by atoms with E-state index < -0.39 is 4.92 Å². The van der Waals surface area contributed by atoms with Crippen molar-refractivity contribution < 1.29 is 14.5 Å². The Morgan fingerprint density at radius 1 is 1.74 bits per heavy atom. The Morgan fingerprint density at radius 3 is 3.05 bits per heavy atom. The number of amides is 1. The summed E-state index contributed by atoms with van der Waals surface area (Å²) in [6, 6.07) is 1.15. The number of morpholine rings is 1. The zero-order valence-corrected chi connectivity index (χ0v) is 11.3. The normalized spacial score (nSPS) is 21.2. The highest BCUT2D eigenvalue weighted by Gasteiger charge is 2.28. The molecule has 0 saturated carbocycles. The maximum Gasteiger partial charge on any atom is 0.324 e. The van der Waals surface area contributed by atoms with Gasteiger partial charge in [-0.15, -0.1) is 0 Å². The Hall–Kier alpha value is -1.51. The fourth-order valence-electron chi connectivity index (χ4n) is 1.89. The lowest BCUT2D eigenvalue weighted by Gasteiger charge is -2.34. The van der Waals surface area contributed by atoms with Gasteiger partial charge in [-0.3, -0.25) is 14.9 Å². The van der Waals surface area contributed by atoms with Gasteiger partial charge in [0.2, 0.25) is 0 Å². The van der Waals surface area contributed by atoms with Crippen molar-refractivity contribution in [3.8, 4) is 0 Å². The quantitative estimate of drug-likeness (QED) is 0.655. The summed E-state index contributed by atoms with van der Waals surface area (Å²) in [5.41, 5.74) is 6.11. The summed E-state index contributed by atoms with van der Waals surface area (Å²) in [6.07, 6.45) is -0.189. The van der Waals surface area contributed by atoms with Crippen LogP contribution < -0.4 is 5.73 Å². The van der Waals surface area contributed by atoms with Crippen LogP contribution in [0.4, 0.5) is 5.00 Å². The summed E-state index contributed by atoms with van der Waals surface area (Å²) in [4.78, 5) is 24.0. The number of hydrogen-bond donors (Lipinski definition) is 1. The largest absolute Gasteiger partial charge is 0.373 e. The van der Waals surface area contributed by atoms with Crippen LogP contribution in [0.5, 0.6) is 0 Å². The van der Waals surface area contributed by atoms with Crippen LogP contribution in [0.25, 0.3) is 0 Å². The maximum absolute atomic E-state index is 12.2. The van der Waals surface area contributed by atoms with Gasteiger partial charge in [-0.2, -0.15) is 0 Å². The van der Waals surface area contributed by atoms with Crippen LogP contribution in [-0.2, 0) is 4.74 Å². The lowest BCUT2D eigenvalue weighted by Crippen LogP contribution is -2.51. The van der Waals surface area contributed by atoms with E-state index >= 15 is 0 Å². The minimum absolute atomic E-state index is 0.0275. The standard InChI is InChI=1S/C11H15N3O4S/c1-7(12)9-5-13(2-3-18-9)11(15)8-4-10(14(16)17)19-6-8/h4,6-7,9H,2-3,5,12H2,1H3. The zero-order valence-electron chi connectivity index (χ0n) is 10.4. The topological polar surface area (TPSA) is 98.7 Å². The molecular weight excluding hydrogens is 270 g/mol. The summed E-state index contributed by atoms with van der Waals surface area (Å²) >= 11 is 0.955. The Morgan fingerprint density at radius 2 is 2.47 bits per heavy atom. The molecule has 0 aromatic carbocycles. The third-order valence-electron chi connectivity index (χ3n) is 2.98. The fraction of sp³-hybridized carbons (Fsp3) is 0.545. The minimum atomic E-state index is -0.495. The number of carbonyl (C=O) groups excluding carboxylic acids is 1. The van der Waals surface area contributed by atoms with Crippen LogP contribution >= 0.6 is 11.3 Å². The third kappa shape index (κ3) is 3.09. The number of nitrogens with zero attached hydrogens (tertiary/aromatic N) is 2. The van der Waals surface area contributed by atoms with E-state index in [1.54, 1.807) is 4.90 Å². The van der Waals surface area contributed by atoms with Crippen LogP contribution in [-0.4, -0.2) is 47.6 Å². The molecule has 0 bridgehead atoms. The molecule has 0 aliphatic carbocycles. The smallest absolute Gasteiger partial charge is 0.324 e. The van der Waals surface area contributed by atoms with Crippen LogP contribution in [0.2, 0.25) is 0 Å². The number of ether oxygens (including phenoxy) is 1. The molecule has 2 heterocycles. The van der Waals surface area contributed by atoms with Gasteiger partial charge in [0.25, 0.3) is 5.91 Å². The van der Waals surface area contributed by atoms with Gasteiger partial charge in [0.05, 0.1) is 23.2 Å². The van der Waals surface area contributed by atoms with Gasteiger partial charge < -0.3 is 15.4 Å². The van der Waals surface area contributed by atoms with Crippen molar-refractivity contribution in [2.45, 2.75) is 19.1 Å². The molecule has 1 aromatic heterocycles. The predicted octanol–water partition coefficient (Wildman–Crippen LogP) is 0.844. The first-order valence-electron chi connectivity index (χ1n) is 5.88. The van der Waals surface area contributed by atoms with E-state index in [0.29, 0.717) is 25.3 Å². The van der Waals surface area contributed by atoms with Gasteiger partial charge in [0.15, 0.2) is 0 Å². The number of hydrogen-bond acceptors (Lipinski definition) is 6. The van der Waals surface area contributed by atoms with Gasteiger partial charge in [0.1, 0.15) is 0 Å². The van der Waals surface area contributed by atoms with E-state index in [1.165, 1.54) is 11.4 Å². The SMILES string of the molecule is CC(N)C1CN(C(=O)c2csc([N+](=O)[O-])c2)CCO1. The Bertz CT molecular complexity index is 488.